The molecule has 0 bridgehead atoms. The first-order chi connectivity index (χ1) is 16.6. The van der Waals surface area contributed by atoms with Crippen molar-refractivity contribution in [2.24, 2.45) is 0 Å². The number of rotatable bonds is 3. The Balaban J connectivity index is 1.95. The molecular weight excluding hydrogens is 458 g/mol. The molecule has 1 aliphatic heterocycles. The lowest BCUT2D eigenvalue weighted by atomic mass is 9.89. The summed E-state index contributed by atoms with van der Waals surface area (Å²) in [5, 5.41) is 5.75. The molecule has 2 N–H and O–H groups in total. The zero-order valence-corrected chi connectivity index (χ0v) is 22.4. The fourth-order valence-corrected chi connectivity index (χ4v) is 4.31. The summed E-state index contributed by atoms with van der Waals surface area (Å²) in [4.78, 5) is 39.0. The monoisotopic (exact) mass is 495 g/mol. The van der Waals surface area contributed by atoms with Crippen molar-refractivity contribution < 1.29 is 23.9 Å². The summed E-state index contributed by atoms with van der Waals surface area (Å²) in [5.41, 5.74) is 2.72. The van der Waals surface area contributed by atoms with Crippen molar-refractivity contribution in [2.75, 3.05) is 10.2 Å². The van der Waals surface area contributed by atoms with Crippen molar-refractivity contribution >= 4 is 29.5 Å². The maximum atomic E-state index is 12.6. The predicted molar refractivity (Wildman–Crippen MR) is 141 cm³/mol. The lowest BCUT2D eigenvalue weighted by Gasteiger charge is -2.39. The minimum absolute atomic E-state index is 0.0595. The normalized spacial score (nSPS) is 17.6. The number of fused-ring (bicyclic) bond motifs is 1. The number of alkyl carbamates (subject to hydrolysis) is 1. The number of carbonyl (C=O) groups is 3. The van der Waals surface area contributed by atoms with Gasteiger partial charge in [0.15, 0.2) is 0 Å². The van der Waals surface area contributed by atoms with Crippen molar-refractivity contribution in [1.82, 2.24) is 5.32 Å². The molecule has 1 heterocycles. The van der Waals surface area contributed by atoms with E-state index in [1.165, 1.54) is 0 Å². The molecule has 8 nitrogen and oxygen atoms in total. The summed E-state index contributed by atoms with van der Waals surface area (Å²) in [6, 6.07) is 12.8. The van der Waals surface area contributed by atoms with Gasteiger partial charge in [-0.05, 0) is 95.8 Å². The highest BCUT2D eigenvalue weighted by molar-refractivity contribution is 5.94. The van der Waals surface area contributed by atoms with Gasteiger partial charge < -0.3 is 19.7 Å². The van der Waals surface area contributed by atoms with Crippen LogP contribution in [-0.4, -0.2) is 35.3 Å². The minimum Gasteiger partial charge on any atom is -0.444 e. The van der Waals surface area contributed by atoms with Crippen LogP contribution in [-0.2, 0) is 14.3 Å². The van der Waals surface area contributed by atoms with Gasteiger partial charge >= 0.3 is 12.2 Å². The molecule has 0 spiro atoms. The van der Waals surface area contributed by atoms with E-state index >= 15 is 0 Å². The highest BCUT2D eigenvalue weighted by Gasteiger charge is 2.34. The zero-order chi connectivity index (χ0) is 26.8. The van der Waals surface area contributed by atoms with Gasteiger partial charge in [-0.3, -0.25) is 10.1 Å². The standard InChI is InChI=1S/C28H37N3O5/c1-17-14-23(30-26(34)36-28(6,7)8)22-16-20(12-13-24(22)31(17)18(2)32)19-10-9-11-21(15-19)29-25(33)35-27(3,4)5/h9-13,15-17,23H,14H2,1-8H3,(H,29,33)(H,30,34)/t17-,23+/m0/s1. The lowest BCUT2D eigenvalue weighted by molar-refractivity contribution is -0.117. The van der Waals surface area contributed by atoms with Gasteiger partial charge in [0.05, 0.1) is 6.04 Å². The van der Waals surface area contributed by atoms with Crippen molar-refractivity contribution in [3.05, 3.63) is 48.0 Å². The number of carbonyl (C=O) groups excluding carboxylic acids is 3. The number of anilines is 2. The topological polar surface area (TPSA) is 97.0 Å². The third-order valence-electron chi connectivity index (χ3n) is 5.55. The van der Waals surface area contributed by atoms with Crippen LogP contribution in [0.15, 0.2) is 42.5 Å². The summed E-state index contributed by atoms with van der Waals surface area (Å²) >= 11 is 0. The summed E-state index contributed by atoms with van der Waals surface area (Å²) < 4.78 is 10.8. The summed E-state index contributed by atoms with van der Waals surface area (Å²) in [6.45, 7) is 14.4. The van der Waals surface area contributed by atoms with Gasteiger partial charge in [0.1, 0.15) is 11.2 Å². The summed E-state index contributed by atoms with van der Waals surface area (Å²) in [6.07, 6.45) is -0.483. The van der Waals surface area contributed by atoms with E-state index in [0.717, 1.165) is 22.4 Å². The molecule has 2 aromatic rings. The second-order valence-electron chi connectivity index (χ2n) is 11.2. The third-order valence-corrected chi connectivity index (χ3v) is 5.55. The summed E-state index contributed by atoms with van der Waals surface area (Å²) in [7, 11) is 0. The Bertz CT molecular complexity index is 1150. The van der Waals surface area contributed by atoms with E-state index in [9.17, 15) is 14.4 Å². The first kappa shape index (κ1) is 27.0. The van der Waals surface area contributed by atoms with E-state index in [1.807, 2.05) is 84.9 Å². The Labute approximate surface area is 213 Å². The average Bonchev–Trinajstić information content (AvgIpc) is 2.70. The number of benzene rings is 2. The van der Waals surface area contributed by atoms with Crippen LogP contribution >= 0.6 is 0 Å². The zero-order valence-electron chi connectivity index (χ0n) is 22.4. The highest BCUT2D eigenvalue weighted by Crippen LogP contribution is 2.40. The third kappa shape index (κ3) is 6.99. The molecule has 194 valence electrons. The van der Waals surface area contributed by atoms with Crippen LogP contribution in [0.2, 0.25) is 0 Å². The molecule has 0 radical (unpaired) electrons. The van der Waals surface area contributed by atoms with Crippen molar-refractivity contribution in [3.63, 3.8) is 0 Å². The van der Waals surface area contributed by atoms with Crippen LogP contribution in [0.25, 0.3) is 11.1 Å². The smallest absolute Gasteiger partial charge is 0.412 e. The molecule has 8 heteroatoms. The first-order valence-corrected chi connectivity index (χ1v) is 12.2. The van der Waals surface area contributed by atoms with E-state index in [4.69, 9.17) is 9.47 Å². The maximum absolute atomic E-state index is 12.6. The van der Waals surface area contributed by atoms with Gasteiger partial charge in [-0.1, -0.05) is 18.2 Å². The molecule has 0 unspecified atom stereocenters. The van der Waals surface area contributed by atoms with Crippen LogP contribution in [0.3, 0.4) is 0 Å². The fourth-order valence-electron chi connectivity index (χ4n) is 4.31. The molecule has 1 aliphatic rings. The highest BCUT2D eigenvalue weighted by atomic mass is 16.6. The van der Waals surface area contributed by atoms with Crippen LogP contribution in [0, 0.1) is 0 Å². The van der Waals surface area contributed by atoms with Gasteiger partial charge in [0, 0.05) is 24.3 Å². The Morgan fingerprint density at radius 3 is 2.11 bits per heavy atom. The van der Waals surface area contributed by atoms with Gasteiger partial charge in [0.2, 0.25) is 5.91 Å². The van der Waals surface area contributed by atoms with Gasteiger partial charge in [0.25, 0.3) is 0 Å². The molecule has 0 saturated heterocycles. The molecule has 3 rings (SSSR count). The van der Waals surface area contributed by atoms with E-state index in [0.29, 0.717) is 12.1 Å². The average molecular weight is 496 g/mol. The fraction of sp³-hybridized carbons (Fsp3) is 0.464. The molecule has 36 heavy (non-hydrogen) atoms. The molecule has 2 aromatic carbocycles. The Morgan fingerprint density at radius 2 is 1.50 bits per heavy atom. The van der Waals surface area contributed by atoms with Gasteiger partial charge in [-0.25, -0.2) is 9.59 Å². The van der Waals surface area contributed by atoms with Crippen LogP contribution in [0.4, 0.5) is 21.0 Å². The SMILES string of the molecule is CC(=O)N1c2ccc(-c3cccc(NC(=O)OC(C)(C)C)c3)cc2[C@H](NC(=O)OC(C)(C)C)C[C@@H]1C. The predicted octanol–water partition coefficient (Wildman–Crippen LogP) is 6.41. The van der Waals surface area contributed by atoms with Crippen LogP contribution in [0.5, 0.6) is 0 Å². The Hall–Kier alpha value is -3.55. The van der Waals surface area contributed by atoms with E-state index in [1.54, 1.807) is 17.9 Å². The number of ether oxygens (including phenoxy) is 2. The van der Waals surface area contributed by atoms with Crippen LogP contribution in [0.1, 0.15) is 73.4 Å². The second kappa shape index (κ2) is 10.2. The quantitative estimate of drug-likeness (QED) is 0.513. The number of amides is 3. The number of hydrogen-bond donors (Lipinski definition) is 2. The van der Waals surface area contributed by atoms with Crippen molar-refractivity contribution in [1.29, 1.82) is 0 Å². The molecule has 3 amide bonds. The Morgan fingerprint density at radius 1 is 0.889 bits per heavy atom. The largest absolute Gasteiger partial charge is 0.444 e. The Kier molecular flexibility index (Phi) is 7.67. The number of hydrogen-bond acceptors (Lipinski definition) is 5. The van der Waals surface area contributed by atoms with E-state index in [2.05, 4.69) is 10.6 Å². The molecule has 0 aliphatic carbocycles. The van der Waals surface area contributed by atoms with Crippen molar-refractivity contribution in [3.8, 4) is 11.1 Å². The second-order valence-corrected chi connectivity index (χ2v) is 11.2. The summed E-state index contributed by atoms with van der Waals surface area (Å²) in [5.74, 6) is -0.0595. The minimum atomic E-state index is -0.623. The van der Waals surface area contributed by atoms with E-state index < -0.39 is 23.4 Å². The van der Waals surface area contributed by atoms with E-state index in [-0.39, 0.29) is 18.0 Å². The molecule has 0 saturated carbocycles. The molecule has 2 atom stereocenters. The van der Waals surface area contributed by atoms with Gasteiger partial charge in [-0.15, -0.1) is 0 Å². The van der Waals surface area contributed by atoms with Crippen molar-refractivity contribution in [2.45, 2.75) is 85.1 Å². The van der Waals surface area contributed by atoms with Crippen LogP contribution < -0.4 is 15.5 Å². The number of nitrogens with one attached hydrogen (secondary N) is 2. The lowest BCUT2D eigenvalue weighted by Crippen LogP contribution is -2.46. The maximum Gasteiger partial charge on any atom is 0.412 e. The first-order valence-electron chi connectivity index (χ1n) is 12.2. The molecule has 0 aromatic heterocycles. The number of nitrogens with zero attached hydrogens (tertiary/aromatic N) is 1. The molecular formula is C28H37N3O5. The van der Waals surface area contributed by atoms with Gasteiger partial charge in [-0.2, -0.15) is 0 Å². The molecule has 0 fully saturated rings.